The standard InChI is InChI=1S/C15H13N3O3S.C8H8F3N/c1-22(20,21)11-4-2-10(3-5-11)12-6-7-16-15-14(12)13(8-17-15)18-9-19;1-12-7-4-2-6(3-5-7)8(9,10)11/h2-9H,1H3,(H,16,17)(H,18,19);2-5,12H,1H3. The van der Waals surface area contributed by atoms with E-state index >= 15 is 0 Å². The molecule has 0 unspecified atom stereocenters. The van der Waals surface area contributed by atoms with Gasteiger partial charge in [-0.15, -0.1) is 0 Å². The van der Waals surface area contributed by atoms with Crippen molar-refractivity contribution in [2.24, 2.45) is 0 Å². The predicted octanol–water partition coefficient (Wildman–Crippen LogP) is 4.95. The number of fused-ring (bicyclic) bond motifs is 1. The van der Waals surface area contributed by atoms with Crippen LogP contribution in [0, 0.1) is 0 Å². The predicted molar refractivity (Wildman–Crippen MR) is 125 cm³/mol. The highest BCUT2D eigenvalue weighted by atomic mass is 32.2. The molecule has 0 radical (unpaired) electrons. The number of benzene rings is 2. The average molecular weight is 491 g/mol. The highest BCUT2D eigenvalue weighted by Gasteiger charge is 2.29. The van der Waals surface area contributed by atoms with Crippen LogP contribution in [0.1, 0.15) is 5.56 Å². The summed E-state index contributed by atoms with van der Waals surface area (Å²) in [6.07, 6.45) is 0.854. The number of hydrogen-bond donors (Lipinski definition) is 3. The van der Waals surface area contributed by atoms with Crippen LogP contribution < -0.4 is 10.6 Å². The SMILES string of the molecule is CNc1ccc(C(F)(F)F)cc1.CS(=O)(=O)c1ccc(-c2ccnc3[nH]cc(NC=O)c23)cc1. The van der Waals surface area contributed by atoms with Gasteiger partial charge in [0.15, 0.2) is 9.84 Å². The van der Waals surface area contributed by atoms with Gasteiger partial charge < -0.3 is 15.6 Å². The third-order valence-electron chi connectivity index (χ3n) is 4.88. The van der Waals surface area contributed by atoms with Crippen molar-refractivity contribution in [2.45, 2.75) is 11.1 Å². The molecule has 7 nitrogen and oxygen atoms in total. The molecule has 0 saturated heterocycles. The number of carbonyl (C=O) groups is 1. The summed E-state index contributed by atoms with van der Waals surface area (Å²) in [5.74, 6) is 0. The zero-order valence-electron chi connectivity index (χ0n) is 18.1. The Hall–Kier alpha value is -3.86. The molecule has 0 aliphatic heterocycles. The molecule has 1 amide bonds. The van der Waals surface area contributed by atoms with Crippen LogP contribution in [0.4, 0.5) is 24.5 Å². The van der Waals surface area contributed by atoms with Crippen LogP contribution in [0.3, 0.4) is 0 Å². The Kier molecular flexibility index (Phi) is 7.26. The molecular formula is C23H21F3N4O3S. The number of sulfone groups is 1. The Balaban J connectivity index is 0.000000229. The van der Waals surface area contributed by atoms with Crippen molar-refractivity contribution in [3.8, 4) is 11.1 Å². The largest absolute Gasteiger partial charge is 0.416 e. The summed E-state index contributed by atoms with van der Waals surface area (Å²) in [7, 11) is -1.57. The number of rotatable bonds is 5. The van der Waals surface area contributed by atoms with Crippen molar-refractivity contribution >= 4 is 38.7 Å². The van der Waals surface area contributed by atoms with E-state index in [0.29, 0.717) is 23.4 Å². The number of nitrogens with zero attached hydrogens (tertiary/aromatic N) is 1. The fourth-order valence-corrected chi connectivity index (χ4v) is 3.81. The Morgan fingerprint density at radius 3 is 2.18 bits per heavy atom. The number of aromatic amines is 1. The van der Waals surface area contributed by atoms with Gasteiger partial charge in [-0.05, 0) is 53.6 Å². The highest BCUT2D eigenvalue weighted by Crippen LogP contribution is 2.33. The first-order chi connectivity index (χ1) is 16.0. The van der Waals surface area contributed by atoms with Gasteiger partial charge in [0.2, 0.25) is 6.41 Å². The zero-order valence-corrected chi connectivity index (χ0v) is 19.0. The third kappa shape index (κ3) is 5.73. The smallest absolute Gasteiger partial charge is 0.388 e. The van der Waals surface area contributed by atoms with Crippen LogP contribution in [0.2, 0.25) is 0 Å². The molecule has 34 heavy (non-hydrogen) atoms. The molecule has 0 atom stereocenters. The molecule has 178 valence electrons. The number of pyridine rings is 1. The van der Waals surface area contributed by atoms with E-state index in [1.165, 1.54) is 18.4 Å². The molecule has 11 heteroatoms. The van der Waals surface area contributed by atoms with E-state index in [0.717, 1.165) is 28.6 Å². The maximum absolute atomic E-state index is 12.0. The normalized spacial score (nSPS) is 11.4. The fraction of sp³-hybridized carbons (Fsp3) is 0.130. The first kappa shape index (κ1) is 24.8. The Morgan fingerprint density at radius 1 is 1.00 bits per heavy atom. The summed E-state index contributed by atoms with van der Waals surface area (Å²) in [6, 6.07) is 13.3. The van der Waals surface area contributed by atoms with Gasteiger partial charge in [-0.3, -0.25) is 4.79 Å². The van der Waals surface area contributed by atoms with Crippen LogP contribution in [-0.2, 0) is 20.8 Å². The van der Waals surface area contributed by atoms with Gasteiger partial charge in [-0.1, -0.05) is 12.1 Å². The summed E-state index contributed by atoms with van der Waals surface area (Å²) in [5.41, 5.74) is 3.02. The Bertz CT molecular complexity index is 1380. The van der Waals surface area contributed by atoms with Crippen LogP contribution >= 0.6 is 0 Å². The van der Waals surface area contributed by atoms with Crippen molar-refractivity contribution in [3.63, 3.8) is 0 Å². The van der Waals surface area contributed by atoms with Crippen LogP contribution in [-0.4, -0.2) is 38.1 Å². The fourth-order valence-electron chi connectivity index (χ4n) is 3.18. The summed E-state index contributed by atoms with van der Waals surface area (Å²) < 4.78 is 59.1. The maximum Gasteiger partial charge on any atom is 0.416 e. The van der Waals surface area contributed by atoms with Gasteiger partial charge in [0.25, 0.3) is 0 Å². The molecule has 2 aromatic carbocycles. The number of amides is 1. The molecule has 0 fully saturated rings. The van der Waals surface area contributed by atoms with E-state index in [1.807, 2.05) is 6.07 Å². The minimum absolute atomic E-state index is 0.266. The molecule has 0 bridgehead atoms. The van der Waals surface area contributed by atoms with Crippen molar-refractivity contribution < 1.29 is 26.4 Å². The molecule has 0 aliphatic carbocycles. The van der Waals surface area contributed by atoms with E-state index in [4.69, 9.17) is 0 Å². The number of halogens is 3. The number of carbonyl (C=O) groups excluding carboxylic acids is 1. The van der Waals surface area contributed by atoms with Gasteiger partial charge >= 0.3 is 6.18 Å². The molecule has 0 aliphatic rings. The quantitative estimate of drug-likeness (QED) is 0.344. The molecule has 2 aromatic heterocycles. The van der Waals surface area contributed by atoms with Crippen LogP contribution in [0.25, 0.3) is 22.2 Å². The van der Waals surface area contributed by atoms with Crippen molar-refractivity contribution in [1.82, 2.24) is 9.97 Å². The monoisotopic (exact) mass is 490 g/mol. The topological polar surface area (TPSA) is 104 Å². The highest BCUT2D eigenvalue weighted by molar-refractivity contribution is 7.90. The van der Waals surface area contributed by atoms with Gasteiger partial charge in [0.05, 0.1) is 21.5 Å². The second-order valence-electron chi connectivity index (χ2n) is 7.17. The first-order valence-electron chi connectivity index (χ1n) is 9.86. The van der Waals surface area contributed by atoms with Crippen molar-refractivity contribution in [3.05, 3.63) is 72.6 Å². The van der Waals surface area contributed by atoms with Crippen molar-refractivity contribution in [1.29, 1.82) is 0 Å². The second-order valence-corrected chi connectivity index (χ2v) is 9.18. The lowest BCUT2D eigenvalue weighted by atomic mass is 10.0. The Morgan fingerprint density at radius 2 is 1.65 bits per heavy atom. The van der Waals surface area contributed by atoms with Crippen LogP contribution in [0.15, 0.2) is 71.9 Å². The molecule has 4 aromatic rings. The maximum atomic E-state index is 12.0. The van der Waals surface area contributed by atoms with E-state index < -0.39 is 21.6 Å². The van der Waals surface area contributed by atoms with E-state index in [1.54, 1.807) is 43.7 Å². The molecule has 2 heterocycles. The third-order valence-corrected chi connectivity index (χ3v) is 6.01. The van der Waals surface area contributed by atoms with Crippen LogP contribution in [0.5, 0.6) is 0 Å². The molecule has 3 N–H and O–H groups in total. The van der Waals surface area contributed by atoms with Crippen molar-refractivity contribution in [2.75, 3.05) is 23.9 Å². The summed E-state index contributed by atoms with van der Waals surface area (Å²) in [6.45, 7) is 0. The number of hydrogen-bond acceptors (Lipinski definition) is 5. The zero-order chi connectivity index (χ0) is 24.9. The minimum atomic E-state index is -4.24. The molecular weight excluding hydrogens is 469 g/mol. The number of alkyl halides is 3. The minimum Gasteiger partial charge on any atom is -0.388 e. The first-order valence-corrected chi connectivity index (χ1v) is 11.8. The van der Waals surface area contributed by atoms with Gasteiger partial charge in [-0.25, -0.2) is 13.4 Å². The van der Waals surface area contributed by atoms with Gasteiger partial charge in [-0.2, -0.15) is 13.2 Å². The van der Waals surface area contributed by atoms with Gasteiger partial charge in [0.1, 0.15) is 5.65 Å². The lowest BCUT2D eigenvalue weighted by Gasteiger charge is -2.06. The number of aromatic nitrogens is 2. The second kappa shape index (κ2) is 9.96. The lowest BCUT2D eigenvalue weighted by Crippen LogP contribution is -2.04. The molecule has 4 rings (SSSR count). The number of H-pyrrole nitrogens is 1. The Labute approximate surface area is 194 Å². The van der Waals surface area contributed by atoms with E-state index in [-0.39, 0.29) is 4.90 Å². The molecule has 0 saturated carbocycles. The lowest BCUT2D eigenvalue weighted by molar-refractivity contribution is -0.137. The van der Waals surface area contributed by atoms with Gasteiger partial charge in [0, 0.05) is 31.4 Å². The van der Waals surface area contributed by atoms with E-state index in [9.17, 15) is 26.4 Å². The molecule has 0 spiro atoms. The number of anilines is 2. The summed E-state index contributed by atoms with van der Waals surface area (Å²) in [4.78, 5) is 18.2. The summed E-state index contributed by atoms with van der Waals surface area (Å²) in [5, 5.41) is 6.15. The number of nitrogens with one attached hydrogen (secondary N) is 3. The summed E-state index contributed by atoms with van der Waals surface area (Å²) >= 11 is 0. The average Bonchev–Trinajstić information content (AvgIpc) is 3.22. The van der Waals surface area contributed by atoms with E-state index in [2.05, 4.69) is 20.6 Å².